The van der Waals surface area contributed by atoms with Crippen molar-refractivity contribution in [3.8, 4) is 34.1 Å². The number of hydrogen-bond donors (Lipinski definition) is 1. The summed E-state index contributed by atoms with van der Waals surface area (Å²) in [7, 11) is 3.65. The van der Waals surface area contributed by atoms with Gasteiger partial charge >= 0.3 is 0 Å². The Balaban J connectivity index is 1.06. The minimum atomic E-state index is -0.754. The molecule has 4 aromatic carbocycles. The van der Waals surface area contributed by atoms with Crippen molar-refractivity contribution in [2.75, 3.05) is 19.4 Å². The number of aryl methyl sites for hydroxylation is 1. The molecular formula is C41H39Cl2N5O2S. The third-order valence-electron chi connectivity index (χ3n) is 9.69. The Hall–Kier alpha value is -4.50. The van der Waals surface area contributed by atoms with Gasteiger partial charge in [-0.15, -0.1) is 10.2 Å². The first kappa shape index (κ1) is 34.9. The molecule has 7 nitrogen and oxygen atoms in total. The van der Waals surface area contributed by atoms with E-state index in [1.807, 2.05) is 83.0 Å². The molecule has 1 aliphatic rings. The summed E-state index contributed by atoms with van der Waals surface area (Å²) in [5, 5.41) is 14.4. The highest BCUT2D eigenvalue weighted by molar-refractivity contribution is 7.99. The molecule has 0 saturated carbocycles. The second kappa shape index (κ2) is 15.4. The molecule has 0 bridgehead atoms. The van der Waals surface area contributed by atoms with Gasteiger partial charge in [0.15, 0.2) is 11.0 Å². The maximum Gasteiger partial charge on any atom is 0.235 e. The number of methoxy groups -OCH3 is 1. The minimum Gasteiger partial charge on any atom is -0.497 e. The van der Waals surface area contributed by atoms with Crippen molar-refractivity contribution in [1.29, 1.82) is 0 Å². The van der Waals surface area contributed by atoms with Gasteiger partial charge in [0.05, 0.1) is 23.5 Å². The molecule has 260 valence electrons. The van der Waals surface area contributed by atoms with Gasteiger partial charge in [-0.05, 0) is 89.5 Å². The number of carbonyl (C=O) groups is 1. The largest absolute Gasteiger partial charge is 0.497 e. The van der Waals surface area contributed by atoms with Gasteiger partial charge in [-0.1, -0.05) is 108 Å². The summed E-state index contributed by atoms with van der Waals surface area (Å²) in [6, 6.07) is 34.3. The highest BCUT2D eigenvalue weighted by Gasteiger charge is 2.48. The predicted molar refractivity (Wildman–Crippen MR) is 207 cm³/mol. The van der Waals surface area contributed by atoms with Crippen LogP contribution in [0.3, 0.4) is 0 Å². The monoisotopic (exact) mass is 735 g/mol. The number of rotatable bonds is 14. The average molecular weight is 737 g/mol. The van der Waals surface area contributed by atoms with Gasteiger partial charge in [0.2, 0.25) is 5.91 Å². The van der Waals surface area contributed by atoms with E-state index in [1.54, 1.807) is 24.9 Å². The number of nitrogens with zero attached hydrogens (tertiary/aromatic N) is 4. The Bertz CT molecular complexity index is 2110. The lowest BCUT2D eigenvalue weighted by Crippen LogP contribution is -2.45. The molecule has 0 atom stereocenters. The first-order valence-corrected chi connectivity index (χ1v) is 18.9. The molecule has 0 radical (unpaired) electrons. The fourth-order valence-corrected chi connectivity index (χ4v) is 8.59. The van der Waals surface area contributed by atoms with Crippen LogP contribution in [0.5, 0.6) is 5.75 Å². The van der Waals surface area contributed by atoms with Crippen LogP contribution >= 0.6 is 35.0 Å². The number of aromatic nitrogens is 4. The molecule has 0 aliphatic heterocycles. The SMILES string of the molecule is COc1ccc(CCNC(=O)C2(CCCCCSc3nnc(-c4cccn4C)n3-c3ccc(Cl)cc3Cl)c3ccccc3-c3ccccc32)cc1. The molecule has 0 fully saturated rings. The van der Waals surface area contributed by atoms with E-state index in [0.29, 0.717) is 28.8 Å². The van der Waals surface area contributed by atoms with Crippen LogP contribution in [0.25, 0.3) is 28.3 Å². The van der Waals surface area contributed by atoms with Crippen LogP contribution in [0.15, 0.2) is 114 Å². The molecule has 0 spiro atoms. The molecule has 0 saturated heterocycles. The first-order valence-electron chi connectivity index (χ1n) is 17.2. The fraction of sp³-hybridized carbons (Fsp3) is 0.244. The second-order valence-corrected chi connectivity index (χ2v) is 14.7. The Morgan fingerprint density at radius 2 is 1.59 bits per heavy atom. The molecule has 0 unspecified atom stereocenters. The van der Waals surface area contributed by atoms with Crippen molar-refractivity contribution in [3.05, 3.63) is 136 Å². The average Bonchev–Trinajstić information content (AvgIpc) is 3.84. The molecule has 1 N–H and O–H groups in total. The summed E-state index contributed by atoms with van der Waals surface area (Å²) < 4.78 is 9.33. The molecule has 51 heavy (non-hydrogen) atoms. The molecule has 1 amide bonds. The highest BCUT2D eigenvalue weighted by Crippen LogP contribution is 2.51. The molecule has 7 rings (SSSR count). The van der Waals surface area contributed by atoms with E-state index in [1.165, 1.54) is 0 Å². The van der Waals surface area contributed by atoms with Crippen molar-refractivity contribution < 1.29 is 9.53 Å². The number of halogens is 2. The van der Waals surface area contributed by atoms with E-state index in [0.717, 1.165) is 81.5 Å². The Morgan fingerprint density at radius 3 is 2.25 bits per heavy atom. The lowest BCUT2D eigenvalue weighted by atomic mass is 9.73. The summed E-state index contributed by atoms with van der Waals surface area (Å²) in [5.74, 6) is 2.44. The Kier molecular flexibility index (Phi) is 10.5. The van der Waals surface area contributed by atoms with Gasteiger partial charge in [-0.3, -0.25) is 9.36 Å². The number of hydrogen-bond acceptors (Lipinski definition) is 5. The maximum absolute atomic E-state index is 14.5. The topological polar surface area (TPSA) is 74.0 Å². The van der Waals surface area contributed by atoms with Gasteiger partial charge in [-0.2, -0.15) is 0 Å². The fourth-order valence-electron chi connectivity index (χ4n) is 7.15. The van der Waals surface area contributed by atoms with Crippen LogP contribution < -0.4 is 10.1 Å². The Morgan fingerprint density at radius 1 is 0.863 bits per heavy atom. The Labute approximate surface area is 313 Å². The van der Waals surface area contributed by atoms with E-state index < -0.39 is 5.41 Å². The van der Waals surface area contributed by atoms with Crippen molar-refractivity contribution in [2.45, 2.75) is 42.7 Å². The lowest BCUT2D eigenvalue weighted by molar-refractivity contribution is -0.125. The molecule has 1 aliphatic carbocycles. The first-order chi connectivity index (χ1) is 24.9. The molecule has 10 heteroatoms. The van der Waals surface area contributed by atoms with E-state index in [4.69, 9.17) is 27.9 Å². The van der Waals surface area contributed by atoms with E-state index in [-0.39, 0.29) is 5.91 Å². The number of amides is 1. The summed E-state index contributed by atoms with van der Waals surface area (Å²) in [4.78, 5) is 14.5. The van der Waals surface area contributed by atoms with Crippen LogP contribution in [-0.4, -0.2) is 44.6 Å². The third kappa shape index (κ3) is 6.93. The van der Waals surface area contributed by atoms with E-state index in [2.05, 4.69) is 51.9 Å². The number of nitrogens with one attached hydrogen (secondary N) is 1. The zero-order valence-electron chi connectivity index (χ0n) is 28.6. The van der Waals surface area contributed by atoms with Gasteiger partial charge in [0, 0.05) is 30.6 Å². The van der Waals surface area contributed by atoms with Crippen LogP contribution in [-0.2, 0) is 23.7 Å². The highest BCUT2D eigenvalue weighted by atomic mass is 35.5. The van der Waals surface area contributed by atoms with Crippen LogP contribution in [0.2, 0.25) is 10.0 Å². The van der Waals surface area contributed by atoms with Gasteiger partial charge in [0.1, 0.15) is 11.2 Å². The van der Waals surface area contributed by atoms with Gasteiger partial charge in [0.25, 0.3) is 0 Å². The van der Waals surface area contributed by atoms with Crippen molar-refractivity contribution >= 4 is 40.9 Å². The summed E-state index contributed by atoms with van der Waals surface area (Å²) in [6.45, 7) is 0.553. The van der Waals surface area contributed by atoms with Gasteiger partial charge < -0.3 is 14.6 Å². The standard InChI is InChI=1S/C41H39Cl2N5O2S/c1-47-25-10-15-37(47)38-45-46-40(48(38)36-21-18-29(42)27-35(36)43)51-26-9-3-8-23-41(39(49)44-24-22-28-16-19-30(50-2)20-17-28)33-13-6-4-11-31(33)32-12-5-7-14-34(32)41/h4-7,10-21,25,27H,3,8-9,22-24,26H2,1-2H3,(H,44,49). The normalized spacial score (nSPS) is 12.8. The number of fused-ring (bicyclic) bond motifs is 3. The number of benzene rings is 4. The number of thioether (sulfide) groups is 1. The maximum atomic E-state index is 14.5. The quantitative estimate of drug-likeness (QED) is 0.0891. The zero-order chi connectivity index (χ0) is 35.4. The van der Waals surface area contributed by atoms with Crippen LogP contribution in [0.4, 0.5) is 0 Å². The molecule has 2 heterocycles. The number of carbonyl (C=O) groups excluding carboxylic acids is 1. The second-order valence-electron chi connectivity index (χ2n) is 12.8. The lowest BCUT2D eigenvalue weighted by Gasteiger charge is -2.31. The number of ether oxygens (including phenoxy) is 1. The van der Waals surface area contributed by atoms with Gasteiger partial charge in [-0.25, -0.2) is 0 Å². The van der Waals surface area contributed by atoms with Crippen molar-refractivity contribution in [1.82, 2.24) is 24.6 Å². The minimum absolute atomic E-state index is 0.0592. The summed E-state index contributed by atoms with van der Waals surface area (Å²) in [6.07, 6.45) is 6.24. The third-order valence-corrected chi connectivity index (χ3v) is 11.2. The summed E-state index contributed by atoms with van der Waals surface area (Å²) >= 11 is 14.6. The van der Waals surface area contributed by atoms with Crippen LogP contribution in [0, 0.1) is 0 Å². The molecule has 6 aromatic rings. The predicted octanol–water partition coefficient (Wildman–Crippen LogP) is 9.57. The molecular weight excluding hydrogens is 697 g/mol. The summed E-state index contributed by atoms with van der Waals surface area (Å²) in [5.41, 5.74) is 6.57. The smallest absolute Gasteiger partial charge is 0.235 e. The van der Waals surface area contributed by atoms with Crippen LogP contribution in [0.1, 0.15) is 42.4 Å². The van der Waals surface area contributed by atoms with E-state index in [9.17, 15) is 4.79 Å². The van der Waals surface area contributed by atoms with E-state index >= 15 is 0 Å². The molecule has 2 aromatic heterocycles. The van der Waals surface area contributed by atoms with Crippen molar-refractivity contribution in [3.63, 3.8) is 0 Å². The van der Waals surface area contributed by atoms with Crippen molar-refractivity contribution in [2.24, 2.45) is 7.05 Å². The zero-order valence-corrected chi connectivity index (χ0v) is 30.9. The number of unbranched alkanes of at least 4 members (excludes halogenated alkanes) is 2.